The SMILES string of the molecule is Cc1ccc2c(c1)c1cc(C)ccc1n2-c1cc(-c2ccncc2)c(-n2c3ccc(C)cc3c3cc(C)ccc32)cc1C#N. The van der Waals surface area contributed by atoms with Crippen molar-refractivity contribution in [3.05, 3.63) is 137 Å². The zero-order valence-corrected chi connectivity index (χ0v) is 25.2. The molecule has 0 N–H and O–H groups in total. The largest absolute Gasteiger partial charge is 0.309 e. The number of aromatic nitrogens is 3. The average Bonchev–Trinajstić information content (AvgIpc) is 3.51. The summed E-state index contributed by atoms with van der Waals surface area (Å²) in [5.74, 6) is 0. The van der Waals surface area contributed by atoms with Crippen molar-refractivity contribution in [2.45, 2.75) is 27.7 Å². The Morgan fingerprint density at radius 3 is 1.32 bits per heavy atom. The monoisotopic (exact) mass is 566 g/mol. The second kappa shape index (κ2) is 9.69. The molecule has 0 saturated carbocycles. The Hall–Kier alpha value is -5.66. The fraction of sp³-hybridized carbons (Fsp3) is 0.100. The van der Waals surface area contributed by atoms with Gasteiger partial charge < -0.3 is 9.13 Å². The highest BCUT2D eigenvalue weighted by Crippen LogP contribution is 2.41. The van der Waals surface area contributed by atoms with Crippen LogP contribution in [0.4, 0.5) is 0 Å². The topological polar surface area (TPSA) is 46.5 Å². The van der Waals surface area contributed by atoms with Crippen LogP contribution in [0, 0.1) is 39.0 Å². The standard InChI is InChI=1S/C40H30N4/c1-24-5-9-35-31(17-24)32-18-25(2)6-10-36(32)43(35)39-22-30(28-13-15-42-16-14-28)40(21-29(39)23-41)44-37-11-7-26(3)19-33(37)34-20-27(4)8-12-38(34)44/h5-22H,1-4H3. The van der Waals surface area contributed by atoms with Gasteiger partial charge in [-0.2, -0.15) is 5.26 Å². The van der Waals surface area contributed by atoms with Crippen LogP contribution in [0.3, 0.4) is 0 Å². The second-order valence-corrected chi connectivity index (χ2v) is 12.0. The Balaban J connectivity index is 1.53. The van der Waals surface area contributed by atoms with E-state index in [0.29, 0.717) is 5.56 Å². The molecule has 0 atom stereocenters. The molecule has 0 radical (unpaired) electrons. The lowest BCUT2D eigenvalue weighted by molar-refractivity contribution is 1.13. The number of hydrogen-bond donors (Lipinski definition) is 0. The van der Waals surface area contributed by atoms with Crippen molar-refractivity contribution in [3.8, 4) is 28.6 Å². The summed E-state index contributed by atoms with van der Waals surface area (Å²) in [6, 6.07) is 37.4. The van der Waals surface area contributed by atoms with Crippen molar-refractivity contribution in [2.75, 3.05) is 0 Å². The Bertz CT molecular complexity index is 2370. The van der Waals surface area contributed by atoms with Gasteiger partial charge in [-0.25, -0.2) is 0 Å². The van der Waals surface area contributed by atoms with E-state index in [2.05, 4.69) is 145 Å². The summed E-state index contributed by atoms with van der Waals surface area (Å²) >= 11 is 0. The van der Waals surface area contributed by atoms with E-state index < -0.39 is 0 Å². The minimum atomic E-state index is 0.618. The van der Waals surface area contributed by atoms with Gasteiger partial charge in [0.1, 0.15) is 6.07 Å². The lowest BCUT2D eigenvalue weighted by atomic mass is 10.00. The van der Waals surface area contributed by atoms with Crippen molar-refractivity contribution in [1.82, 2.24) is 14.1 Å². The minimum Gasteiger partial charge on any atom is -0.309 e. The highest BCUT2D eigenvalue weighted by molar-refractivity contribution is 6.11. The normalized spacial score (nSPS) is 11.6. The molecule has 0 fully saturated rings. The molecule has 0 bridgehead atoms. The van der Waals surface area contributed by atoms with E-state index in [0.717, 1.165) is 44.6 Å². The predicted octanol–water partition coefficient (Wildman–Crippen LogP) is 10.0. The molecule has 0 amide bonds. The summed E-state index contributed by atoms with van der Waals surface area (Å²) in [4.78, 5) is 4.32. The minimum absolute atomic E-state index is 0.618. The van der Waals surface area contributed by atoms with Gasteiger partial charge in [0, 0.05) is 39.5 Å². The van der Waals surface area contributed by atoms with Crippen molar-refractivity contribution >= 4 is 43.6 Å². The zero-order valence-electron chi connectivity index (χ0n) is 25.2. The van der Waals surface area contributed by atoms with E-state index in [1.165, 1.54) is 43.8 Å². The number of fused-ring (bicyclic) bond motifs is 6. The van der Waals surface area contributed by atoms with Gasteiger partial charge in [-0.15, -0.1) is 0 Å². The third-order valence-corrected chi connectivity index (χ3v) is 8.86. The maximum atomic E-state index is 10.7. The second-order valence-electron chi connectivity index (χ2n) is 12.0. The molecule has 3 aromatic heterocycles. The summed E-state index contributed by atoms with van der Waals surface area (Å²) in [5, 5.41) is 15.5. The fourth-order valence-electron chi connectivity index (χ4n) is 6.82. The van der Waals surface area contributed by atoms with Gasteiger partial charge >= 0.3 is 0 Å². The number of rotatable bonds is 3. The Kier molecular flexibility index (Phi) is 5.73. The molecule has 0 unspecified atom stereocenters. The fourth-order valence-corrected chi connectivity index (χ4v) is 6.82. The smallest absolute Gasteiger partial charge is 0.101 e. The number of hydrogen-bond acceptors (Lipinski definition) is 2. The summed E-state index contributed by atoms with van der Waals surface area (Å²) in [6.45, 7) is 8.53. The maximum absolute atomic E-state index is 10.7. The van der Waals surface area contributed by atoms with Crippen molar-refractivity contribution in [2.24, 2.45) is 0 Å². The summed E-state index contributed by atoms with van der Waals surface area (Å²) in [6.07, 6.45) is 3.67. The molecule has 0 spiro atoms. The molecule has 3 heterocycles. The molecular formula is C40H30N4. The number of pyridine rings is 1. The molecule has 4 nitrogen and oxygen atoms in total. The zero-order chi connectivity index (χ0) is 30.1. The van der Waals surface area contributed by atoms with Gasteiger partial charge in [0.25, 0.3) is 0 Å². The third-order valence-electron chi connectivity index (χ3n) is 8.86. The van der Waals surface area contributed by atoms with Gasteiger partial charge in [-0.1, -0.05) is 46.5 Å². The molecular weight excluding hydrogens is 536 g/mol. The quantitative estimate of drug-likeness (QED) is 0.214. The molecule has 0 saturated heterocycles. The molecule has 0 aliphatic heterocycles. The first kappa shape index (κ1) is 26.0. The number of nitriles is 1. The van der Waals surface area contributed by atoms with Crippen LogP contribution in [-0.4, -0.2) is 14.1 Å². The van der Waals surface area contributed by atoms with Gasteiger partial charge in [0.2, 0.25) is 0 Å². The van der Waals surface area contributed by atoms with Crippen LogP contribution in [0.15, 0.2) is 109 Å². The first-order valence-electron chi connectivity index (χ1n) is 14.9. The first-order valence-corrected chi connectivity index (χ1v) is 14.9. The van der Waals surface area contributed by atoms with Crippen molar-refractivity contribution < 1.29 is 0 Å². The lowest BCUT2D eigenvalue weighted by Gasteiger charge is -2.19. The van der Waals surface area contributed by atoms with Crippen LogP contribution in [0.25, 0.3) is 66.1 Å². The average molecular weight is 567 g/mol. The molecule has 0 aliphatic rings. The van der Waals surface area contributed by atoms with Crippen LogP contribution >= 0.6 is 0 Å². The Morgan fingerprint density at radius 1 is 0.500 bits per heavy atom. The number of aryl methyl sites for hydroxylation is 4. The van der Waals surface area contributed by atoms with E-state index in [4.69, 9.17) is 0 Å². The predicted molar refractivity (Wildman–Crippen MR) is 182 cm³/mol. The lowest BCUT2D eigenvalue weighted by Crippen LogP contribution is -2.04. The molecule has 0 aliphatic carbocycles. The van der Waals surface area contributed by atoms with Gasteiger partial charge in [-0.3, -0.25) is 4.98 Å². The third kappa shape index (κ3) is 3.87. The first-order chi connectivity index (χ1) is 21.4. The van der Waals surface area contributed by atoms with Gasteiger partial charge in [-0.05, 0) is 106 Å². The van der Waals surface area contributed by atoms with E-state index in [1.54, 1.807) is 0 Å². The Morgan fingerprint density at radius 2 is 0.909 bits per heavy atom. The summed E-state index contributed by atoms with van der Waals surface area (Å²) < 4.78 is 4.58. The van der Waals surface area contributed by atoms with Crippen LogP contribution in [0.2, 0.25) is 0 Å². The van der Waals surface area contributed by atoms with Crippen LogP contribution in [0.5, 0.6) is 0 Å². The highest BCUT2D eigenvalue weighted by Gasteiger charge is 2.22. The number of benzene rings is 5. The molecule has 8 aromatic rings. The molecule has 8 rings (SSSR count). The van der Waals surface area contributed by atoms with Crippen LogP contribution in [0.1, 0.15) is 27.8 Å². The van der Waals surface area contributed by atoms with E-state index in [-0.39, 0.29) is 0 Å². The van der Waals surface area contributed by atoms with Crippen LogP contribution in [-0.2, 0) is 0 Å². The molecule has 4 heteroatoms. The summed E-state index contributed by atoms with van der Waals surface area (Å²) in [7, 11) is 0. The van der Waals surface area contributed by atoms with Gasteiger partial charge in [0.05, 0.1) is 39.0 Å². The van der Waals surface area contributed by atoms with Gasteiger partial charge in [0.15, 0.2) is 0 Å². The van der Waals surface area contributed by atoms with Crippen molar-refractivity contribution in [3.63, 3.8) is 0 Å². The van der Waals surface area contributed by atoms with E-state index in [1.807, 2.05) is 12.4 Å². The number of nitrogens with zero attached hydrogens (tertiary/aromatic N) is 4. The van der Waals surface area contributed by atoms with E-state index >= 15 is 0 Å². The maximum Gasteiger partial charge on any atom is 0.101 e. The molecule has 44 heavy (non-hydrogen) atoms. The highest BCUT2D eigenvalue weighted by atomic mass is 15.0. The van der Waals surface area contributed by atoms with E-state index in [9.17, 15) is 5.26 Å². The van der Waals surface area contributed by atoms with Crippen molar-refractivity contribution in [1.29, 1.82) is 5.26 Å². The van der Waals surface area contributed by atoms with Crippen LogP contribution < -0.4 is 0 Å². The molecule has 210 valence electrons. The Labute approximate surface area is 256 Å². The molecule has 5 aromatic carbocycles. The summed E-state index contributed by atoms with van der Waals surface area (Å²) in [5.41, 5.74) is 13.8.